The first kappa shape index (κ1) is 19.4. The van der Waals surface area contributed by atoms with Crippen molar-refractivity contribution in [1.29, 1.82) is 0 Å². The van der Waals surface area contributed by atoms with Gasteiger partial charge in [-0.15, -0.1) is 0 Å². The van der Waals surface area contributed by atoms with Gasteiger partial charge in [0, 0.05) is 5.69 Å². The fourth-order valence-corrected chi connectivity index (χ4v) is 2.78. The van der Waals surface area contributed by atoms with E-state index in [0.29, 0.717) is 11.3 Å². The van der Waals surface area contributed by atoms with E-state index in [-0.39, 0.29) is 5.91 Å². The standard InChI is InChI=1S/C24H23NO3/c1-3-18-9-15-22(16-10-18)25-23(26)17(2)28-24(27)21-13-11-20(12-14-21)19-7-5-4-6-8-19/h4-17H,3H2,1-2H3,(H,25,26)/t17-/m1/s1. The van der Waals surface area contributed by atoms with E-state index in [1.54, 1.807) is 19.1 Å². The lowest BCUT2D eigenvalue weighted by molar-refractivity contribution is -0.123. The molecular weight excluding hydrogens is 350 g/mol. The lowest BCUT2D eigenvalue weighted by atomic mass is 10.0. The van der Waals surface area contributed by atoms with Crippen LogP contribution in [0.1, 0.15) is 29.8 Å². The number of hydrogen-bond acceptors (Lipinski definition) is 3. The van der Waals surface area contributed by atoms with Gasteiger partial charge in [-0.3, -0.25) is 4.79 Å². The van der Waals surface area contributed by atoms with Crippen molar-refractivity contribution in [1.82, 2.24) is 0 Å². The number of amides is 1. The van der Waals surface area contributed by atoms with E-state index >= 15 is 0 Å². The Bertz CT molecular complexity index is 932. The predicted molar refractivity (Wildman–Crippen MR) is 111 cm³/mol. The molecule has 0 bridgehead atoms. The van der Waals surface area contributed by atoms with Crippen molar-refractivity contribution in [2.45, 2.75) is 26.4 Å². The molecule has 0 heterocycles. The number of carbonyl (C=O) groups is 2. The van der Waals surface area contributed by atoms with Gasteiger partial charge in [-0.25, -0.2) is 4.79 Å². The first-order valence-corrected chi connectivity index (χ1v) is 9.33. The minimum Gasteiger partial charge on any atom is -0.449 e. The fraction of sp³-hybridized carbons (Fsp3) is 0.167. The zero-order valence-electron chi connectivity index (χ0n) is 16.0. The van der Waals surface area contributed by atoms with E-state index in [2.05, 4.69) is 12.2 Å². The first-order valence-electron chi connectivity index (χ1n) is 9.33. The van der Waals surface area contributed by atoms with Crippen LogP contribution in [0.4, 0.5) is 5.69 Å². The Hall–Kier alpha value is -3.40. The van der Waals surface area contributed by atoms with Gasteiger partial charge in [-0.05, 0) is 54.3 Å². The second-order valence-corrected chi connectivity index (χ2v) is 6.53. The monoisotopic (exact) mass is 373 g/mol. The number of aryl methyl sites for hydroxylation is 1. The van der Waals surface area contributed by atoms with Crippen LogP contribution in [0.15, 0.2) is 78.9 Å². The molecule has 0 aliphatic carbocycles. The lowest BCUT2D eigenvalue weighted by Crippen LogP contribution is -2.30. The van der Waals surface area contributed by atoms with Gasteiger partial charge in [-0.1, -0.05) is 61.5 Å². The van der Waals surface area contributed by atoms with Crippen LogP contribution in [0.25, 0.3) is 11.1 Å². The fourth-order valence-electron chi connectivity index (χ4n) is 2.78. The summed E-state index contributed by atoms with van der Waals surface area (Å²) in [6, 6.07) is 24.7. The normalized spacial score (nSPS) is 11.5. The molecule has 0 saturated heterocycles. The van der Waals surface area contributed by atoms with Crippen LogP contribution in [0, 0.1) is 0 Å². The van der Waals surface area contributed by atoms with E-state index in [1.165, 1.54) is 5.56 Å². The van der Waals surface area contributed by atoms with Crippen molar-refractivity contribution in [3.63, 3.8) is 0 Å². The van der Waals surface area contributed by atoms with Crippen molar-refractivity contribution < 1.29 is 14.3 Å². The van der Waals surface area contributed by atoms with Gasteiger partial charge in [0.05, 0.1) is 5.56 Å². The summed E-state index contributed by atoms with van der Waals surface area (Å²) in [6.07, 6.45) is 0.0397. The number of ether oxygens (including phenoxy) is 1. The van der Waals surface area contributed by atoms with E-state index in [0.717, 1.165) is 17.5 Å². The summed E-state index contributed by atoms with van der Waals surface area (Å²) >= 11 is 0. The number of carbonyl (C=O) groups excluding carboxylic acids is 2. The number of hydrogen-bond donors (Lipinski definition) is 1. The zero-order valence-corrected chi connectivity index (χ0v) is 16.0. The topological polar surface area (TPSA) is 55.4 Å². The maximum absolute atomic E-state index is 12.3. The van der Waals surface area contributed by atoms with E-state index in [4.69, 9.17) is 4.74 Å². The Labute approximate surface area is 165 Å². The van der Waals surface area contributed by atoms with E-state index in [1.807, 2.05) is 66.7 Å². The molecule has 0 fully saturated rings. The van der Waals surface area contributed by atoms with Crippen molar-refractivity contribution in [2.75, 3.05) is 5.32 Å². The summed E-state index contributed by atoms with van der Waals surface area (Å²) in [4.78, 5) is 24.6. The molecule has 1 atom stereocenters. The Kier molecular flexibility index (Phi) is 6.22. The molecule has 0 aliphatic heterocycles. The van der Waals surface area contributed by atoms with Gasteiger partial charge in [0.25, 0.3) is 5.91 Å². The minimum atomic E-state index is -0.896. The van der Waals surface area contributed by atoms with Crippen molar-refractivity contribution in [2.24, 2.45) is 0 Å². The molecule has 3 aromatic rings. The Morgan fingerprint density at radius 1 is 0.857 bits per heavy atom. The third kappa shape index (κ3) is 4.86. The Balaban J connectivity index is 1.59. The SMILES string of the molecule is CCc1ccc(NC(=O)[C@@H](C)OC(=O)c2ccc(-c3ccccc3)cc2)cc1. The summed E-state index contributed by atoms with van der Waals surface area (Å²) in [5, 5.41) is 2.76. The molecule has 0 saturated carbocycles. The van der Waals surface area contributed by atoms with Crippen LogP contribution in [-0.4, -0.2) is 18.0 Å². The maximum Gasteiger partial charge on any atom is 0.338 e. The van der Waals surface area contributed by atoms with Crippen LogP contribution >= 0.6 is 0 Å². The summed E-state index contributed by atoms with van der Waals surface area (Å²) in [5.41, 5.74) is 4.36. The number of esters is 1. The van der Waals surface area contributed by atoms with Crippen LogP contribution in [0.5, 0.6) is 0 Å². The zero-order chi connectivity index (χ0) is 19.9. The summed E-state index contributed by atoms with van der Waals surface area (Å²) in [6.45, 7) is 3.63. The van der Waals surface area contributed by atoms with Gasteiger partial charge in [0.15, 0.2) is 6.10 Å². The van der Waals surface area contributed by atoms with Gasteiger partial charge >= 0.3 is 5.97 Å². The smallest absolute Gasteiger partial charge is 0.338 e. The van der Waals surface area contributed by atoms with Gasteiger partial charge in [0.2, 0.25) is 0 Å². The molecule has 0 aromatic heterocycles. The minimum absolute atomic E-state index is 0.362. The predicted octanol–water partition coefficient (Wildman–Crippen LogP) is 5.10. The van der Waals surface area contributed by atoms with Crippen LogP contribution in [0.3, 0.4) is 0 Å². The van der Waals surface area contributed by atoms with Gasteiger partial charge in [0.1, 0.15) is 0 Å². The number of nitrogens with one attached hydrogen (secondary N) is 1. The molecule has 1 amide bonds. The average Bonchev–Trinajstić information content (AvgIpc) is 2.75. The van der Waals surface area contributed by atoms with E-state index < -0.39 is 12.1 Å². The highest BCUT2D eigenvalue weighted by molar-refractivity contribution is 5.97. The third-order valence-corrected chi connectivity index (χ3v) is 4.51. The van der Waals surface area contributed by atoms with Crippen molar-refractivity contribution in [3.8, 4) is 11.1 Å². The molecule has 3 rings (SSSR count). The third-order valence-electron chi connectivity index (χ3n) is 4.51. The van der Waals surface area contributed by atoms with Crippen molar-refractivity contribution >= 4 is 17.6 Å². The molecule has 4 nitrogen and oxygen atoms in total. The van der Waals surface area contributed by atoms with Crippen LogP contribution in [0.2, 0.25) is 0 Å². The molecule has 3 aromatic carbocycles. The first-order chi connectivity index (χ1) is 13.6. The number of rotatable bonds is 6. The highest BCUT2D eigenvalue weighted by Gasteiger charge is 2.19. The molecule has 142 valence electrons. The molecule has 4 heteroatoms. The maximum atomic E-state index is 12.3. The van der Waals surface area contributed by atoms with Crippen LogP contribution < -0.4 is 5.32 Å². The molecule has 0 aliphatic rings. The summed E-state index contributed by atoms with van der Waals surface area (Å²) in [7, 11) is 0. The molecule has 1 N–H and O–H groups in total. The molecular formula is C24H23NO3. The van der Waals surface area contributed by atoms with E-state index in [9.17, 15) is 9.59 Å². The highest BCUT2D eigenvalue weighted by Crippen LogP contribution is 2.20. The molecule has 0 spiro atoms. The average molecular weight is 373 g/mol. The second kappa shape index (κ2) is 9.00. The van der Waals surface area contributed by atoms with Gasteiger partial charge < -0.3 is 10.1 Å². The number of anilines is 1. The lowest BCUT2D eigenvalue weighted by Gasteiger charge is -2.14. The van der Waals surface area contributed by atoms with Gasteiger partial charge in [-0.2, -0.15) is 0 Å². The Morgan fingerprint density at radius 2 is 1.46 bits per heavy atom. The molecule has 0 unspecified atom stereocenters. The van der Waals surface area contributed by atoms with Crippen molar-refractivity contribution in [3.05, 3.63) is 90.0 Å². The Morgan fingerprint density at radius 3 is 2.07 bits per heavy atom. The second-order valence-electron chi connectivity index (χ2n) is 6.53. The quantitative estimate of drug-likeness (QED) is 0.612. The number of benzene rings is 3. The molecule has 28 heavy (non-hydrogen) atoms. The largest absolute Gasteiger partial charge is 0.449 e. The molecule has 0 radical (unpaired) electrons. The highest BCUT2D eigenvalue weighted by atomic mass is 16.5. The summed E-state index contributed by atoms with van der Waals surface area (Å²) < 4.78 is 5.31. The van der Waals surface area contributed by atoms with Crippen LogP contribution in [-0.2, 0) is 16.0 Å². The summed E-state index contributed by atoms with van der Waals surface area (Å²) in [5.74, 6) is -0.887.